The Morgan fingerprint density at radius 2 is 2.00 bits per heavy atom. The van der Waals surface area contributed by atoms with Crippen molar-refractivity contribution in [2.45, 2.75) is 19.0 Å². The first-order chi connectivity index (χ1) is 14.1. The first kappa shape index (κ1) is 18.8. The van der Waals surface area contributed by atoms with Crippen molar-refractivity contribution in [2.24, 2.45) is 5.92 Å². The number of carbonyl (C=O) groups excluding carboxylic acids is 3. The van der Waals surface area contributed by atoms with Gasteiger partial charge >= 0.3 is 0 Å². The maximum atomic E-state index is 13.2. The molecular formula is C21H19FN3O4+. The van der Waals surface area contributed by atoms with Gasteiger partial charge in [0.25, 0.3) is 5.91 Å². The summed E-state index contributed by atoms with van der Waals surface area (Å²) in [5.74, 6) is -3.33. The molecule has 2 unspecified atom stereocenters. The number of aromatic amines is 1. The van der Waals surface area contributed by atoms with E-state index < -0.39 is 35.3 Å². The van der Waals surface area contributed by atoms with E-state index >= 15 is 0 Å². The van der Waals surface area contributed by atoms with Crippen LogP contribution in [0.5, 0.6) is 0 Å². The van der Waals surface area contributed by atoms with Gasteiger partial charge in [0.05, 0.1) is 12.8 Å². The Morgan fingerprint density at radius 3 is 2.66 bits per heavy atom. The minimum Gasteiger partial charge on any atom is -0.467 e. The number of halogens is 1. The summed E-state index contributed by atoms with van der Waals surface area (Å²) < 4.78 is 20.6. The molecule has 0 saturated carbocycles. The summed E-state index contributed by atoms with van der Waals surface area (Å²) in [6, 6.07) is 7.42. The van der Waals surface area contributed by atoms with E-state index in [-0.39, 0.29) is 5.56 Å². The number of H-pyrrole nitrogens is 1. The minimum atomic E-state index is -1.22. The molecule has 1 aromatic carbocycles. The quantitative estimate of drug-likeness (QED) is 0.287. The van der Waals surface area contributed by atoms with Crippen LogP contribution in [0.2, 0.25) is 0 Å². The van der Waals surface area contributed by atoms with Crippen molar-refractivity contribution in [3.05, 3.63) is 78.5 Å². The number of likely N-dealkylation sites (tertiary alicyclic amines) is 1. The fourth-order valence-corrected chi connectivity index (χ4v) is 3.68. The third-order valence-corrected chi connectivity index (χ3v) is 5.07. The second kappa shape index (κ2) is 7.83. The molecule has 7 nitrogen and oxygen atoms in total. The van der Waals surface area contributed by atoms with Gasteiger partial charge in [0, 0.05) is 18.5 Å². The van der Waals surface area contributed by atoms with Gasteiger partial charge in [0.2, 0.25) is 12.1 Å². The van der Waals surface area contributed by atoms with Crippen molar-refractivity contribution in [3.63, 3.8) is 0 Å². The lowest BCUT2D eigenvalue weighted by molar-refractivity contribution is -0.695. The number of nitrogens with zero attached hydrogens (tertiary/aromatic N) is 2. The highest BCUT2D eigenvalue weighted by Gasteiger charge is 2.52. The average molecular weight is 396 g/mol. The van der Waals surface area contributed by atoms with Crippen LogP contribution in [-0.4, -0.2) is 33.9 Å². The zero-order chi connectivity index (χ0) is 20.4. The number of aromatic nitrogens is 2. The molecule has 1 fully saturated rings. The number of hydrogen-bond donors (Lipinski definition) is 1. The maximum absolute atomic E-state index is 13.2. The van der Waals surface area contributed by atoms with Gasteiger partial charge in [-0.05, 0) is 36.4 Å². The van der Waals surface area contributed by atoms with Crippen LogP contribution in [0.15, 0.2) is 65.8 Å². The lowest BCUT2D eigenvalue weighted by atomic mass is 9.88. The zero-order valence-electron chi connectivity index (χ0n) is 15.5. The monoisotopic (exact) mass is 396 g/mol. The molecule has 1 saturated heterocycles. The summed E-state index contributed by atoms with van der Waals surface area (Å²) in [6.07, 6.45) is 7.48. The Kier molecular flexibility index (Phi) is 5.07. The molecule has 1 amide bonds. The van der Waals surface area contributed by atoms with Crippen molar-refractivity contribution < 1.29 is 27.8 Å². The van der Waals surface area contributed by atoms with Gasteiger partial charge < -0.3 is 9.32 Å². The number of rotatable bonds is 7. The van der Waals surface area contributed by atoms with E-state index in [0.29, 0.717) is 25.3 Å². The van der Waals surface area contributed by atoms with Gasteiger partial charge in [-0.25, -0.2) is 8.96 Å². The molecule has 8 heteroatoms. The number of ketones is 2. The number of hydrogen-bond acceptors (Lipinski definition) is 4. The molecule has 148 valence electrons. The summed E-state index contributed by atoms with van der Waals surface area (Å²) in [5, 5.41) is 0. The molecule has 3 aromatic rings. The van der Waals surface area contributed by atoms with Crippen molar-refractivity contribution in [3.8, 4) is 0 Å². The fraction of sp³-hybridized carbons (Fsp3) is 0.238. The molecule has 4 rings (SSSR count). The molecule has 1 aliphatic heterocycles. The summed E-state index contributed by atoms with van der Waals surface area (Å²) in [4.78, 5) is 42.9. The van der Waals surface area contributed by atoms with Crippen LogP contribution in [0, 0.1) is 11.7 Å². The van der Waals surface area contributed by atoms with Gasteiger partial charge in [0.1, 0.15) is 35.9 Å². The molecular weight excluding hydrogens is 377 g/mol. The summed E-state index contributed by atoms with van der Waals surface area (Å²) in [7, 11) is 0. The number of amides is 1. The van der Waals surface area contributed by atoms with E-state index in [9.17, 15) is 18.8 Å². The molecule has 1 N–H and O–H groups in total. The lowest BCUT2D eigenvalue weighted by Gasteiger charge is -2.24. The van der Waals surface area contributed by atoms with Crippen molar-refractivity contribution >= 4 is 17.5 Å². The van der Waals surface area contributed by atoms with E-state index in [0.717, 1.165) is 12.1 Å². The Hall–Kier alpha value is -3.55. The molecule has 0 radical (unpaired) electrons. The third-order valence-electron chi connectivity index (χ3n) is 5.07. The number of furan rings is 1. The van der Waals surface area contributed by atoms with Crippen LogP contribution >= 0.6 is 0 Å². The normalized spacial score (nSPS) is 19.1. The number of aryl methyl sites for hydroxylation is 1. The zero-order valence-corrected chi connectivity index (χ0v) is 15.5. The standard InChI is InChI=1S/C21H18FN3O4/c22-15-6-4-14(5-7-15)19(26)17-18(16-3-1-12-29-16)25(21(28)20(17)27)10-2-9-24-11-8-23-13-24/h1,3-8,11-13,17-18H,2,9-10H2/p+1. The highest BCUT2D eigenvalue weighted by molar-refractivity contribution is 6.44. The van der Waals surface area contributed by atoms with E-state index in [1.807, 2.05) is 10.8 Å². The SMILES string of the molecule is O=C1C(=O)N(CCC[n+]2cc[nH]c2)C(c2ccco2)C1C(=O)c1ccc(F)cc1. The molecule has 0 bridgehead atoms. The molecule has 1 aliphatic rings. The fourth-order valence-electron chi connectivity index (χ4n) is 3.68. The minimum absolute atomic E-state index is 0.179. The van der Waals surface area contributed by atoms with Crippen LogP contribution in [0.3, 0.4) is 0 Å². The first-order valence-corrected chi connectivity index (χ1v) is 9.26. The number of benzene rings is 1. The van der Waals surface area contributed by atoms with E-state index in [1.54, 1.807) is 24.7 Å². The van der Waals surface area contributed by atoms with E-state index in [4.69, 9.17) is 4.42 Å². The summed E-state index contributed by atoms with van der Waals surface area (Å²) in [5.41, 5.74) is 0.179. The van der Waals surface area contributed by atoms with Crippen LogP contribution < -0.4 is 4.57 Å². The smallest absolute Gasteiger partial charge is 0.291 e. The Morgan fingerprint density at radius 1 is 1.21 bits per heavy atom. The van der Waals surface area contributed by atoms with Gasteiger partial charge in [-0.1, -0.05) is 0 Å². The first-order valence-electron chi connectivity index (χ1n) is 9.26. The van der Waals surface area contributed by atoms with Crippen LogP contribution in [0.25, 0.3) is 0 Å². The second-order valence-corrected chi connectivity index (χ2v) is 6.87. The van der Waals surface area contributed by atoms with E-state index in [2.05, 4.69) is 4.98 Å². The largest absolute Gasteiger partial charge is 0.467 e. The Bertz CT molecular complexity index is 1010. The van der Waals surface area contributed by atoms with Crippen molar-refractivity contribution in [1.82, 2.24) is 9.88 Å². The van der Waals surface area contributed by atoms with E-state index in [1.165, 1.54) is 23.3 Å². The number of imidazole rings is 1. The van der Waals surface area contributed by atoms with Crippen molar-refractivity contribution in [1.29, 1.82) is 0 Å². The second-order valence-electron chi connectivity index (χ2n) is 6.87. The predicted octanol–water partition coefficient (Wildman–Crippen LogP) is 2.08. The highest BCUT2D eigenvalue weighted by atomic mass is 19.1. The number of nitrogens with one attached hydrogen (secondary N) is 1. The van der Waals surface area contributed by atoms with Crippen molar-refractivity contribution in [2.75, 3.05) is 6.54 Å². The van der Waals surface area contributed by atoms with Crippen LogP contribution in [0.4, 0.5) is 4.39 Å². The molecule has 0 spiro atoms. The number of carbonyl (C=O) groups is 3. The average Bonchev–Trinajstić information content (AvgIpc) is 3.46. The summed E-state index contributed by atoms with van der Waals surface area (Å²) in [6.45, 7) is 0.935. The molecule has 29 heavy (non-hydrogen) atoms. The van der Waals surface area contributed by atoms with Crippen LogP contribution in [-0.2, 0) is 16.1 Å². The van der Waals surface area contributed by atoms with Gasteiger partial charge in [0.15, 0.2) is 5.78 Å². The Balaban J connectivity index is 1.61. The van der Waals surface area contributed by atoms with Gasteiger partial charge in [-0.15, -0.1) is 0 Å². The highest BCUT2D eigenvalue weighted by Crippen LogP contribution is 2.38. The summed E-state index contributed by atoms with van der Waals surface area (Å²) >= 11 is 0. The van der Waals surface area contributed by atoms with Gasteiger partial charge in [-0.3, -0.25) is 19.4 Å². The lowest BCUT2D eigenvalue weighted by Crippen LogP contribution is -2.36. The predicted molar refractivity (Wildman–Crippen MR) is 98.0 cm³/mol. The third kappa shape index (κ3) is 3.61. The molecule has 2 atom stereocenters. The molecule has 3 heterocycles. The maximum Gasteiger partial charge on any atom is 0.291 e. The molecule has 0 aliphatic carbocycles. The van der Waals surface area contributed by atoms with Crippen LogP contribution in [0.1, 0.15) is 28.6 Å². The molecule has 2 aromatic heterocycles. The Labute approximate surface area is 165 Å². The van der Waals surface area contributed by atoms with Gasteiger partial charge in [-0.2, -0.15) is 0 Å². The number of Topliss-reactive ketones (excluding diaryl/α,β-unsaturated/α-hetero) is 2. The topological polar surface area (TPSA) is 87.3 Å².